The lowest BCUT2D eigenvalue weighted by atomic mass is 9.97. The number of nitrogens with one attached hydrogen (secondary N) is 1. The number of carbonyl (C=O) groups excluding carboxylic acids is 1. The van der Waals surface area contributed by atoms with E-state index in [-0.39, 0.29) is 21.9 Å². The summed E-state index contributed by atoms with van der Waals surface area (Å²) in [7, 11) is -1.95. The molecule has 0 aliphatic rings. The molecule has 3 rings (SSSR count). The van der Waals surface area contributed by atoms with Gasteiger partial charge in [0.1, 0.15) is 7.85 Å². The number of hydrogen-bond donors (Lipinski definition) is 1. The van der Waals surface area contributed by atoms with Crippen molar-refractivity contribution in [2.75, 3.05) is 4.72 Å². The minimum absolute atomic E-state index is 0.121. The predicted octanol–water partition coefficient (Wildman–Crippen LogP) is 2.63. The zero-order valence-corrected chi connectivity index (χ0v) is 15.5. The topological polar surface area (TPSA) is 63.2 Å². The van der Waals surface area contributed by atoms with Gasteiger partial charge in [-0.2, -0.15) is 0 Å². The van der Waals surface area contributed by atoms with E-state index in [1.54, 1.807) is 42.5 Å². The SMILES string of the molecule is Bc1ccc(S(=O)(=O)Nc2ccc(Cl)cc2C(=O)c2ccccc2)cc1. The summed E-state index contributed by atoms with van der Waals surface area (Å²) in [6, 6.07) is 19.6. The number of benzene rings is 3. The molecular weight excluding hydrogens is 369 g/mol. The number of rotatable bonds is 5. The van der Waals surface area contributed by atoms with Crippen LogP contribution in [0.2, 0.25) is 5.02 Å². The molecule has 0 aliphatic carbocycles. The molecule has 4 nitrogen and oxygen atoms in total. The van der Waals surface area contributed by atoms with Gasteiger partial charge in [-0.05, 0) is 30.3 Å². The van der Waals surface area contributed by atoms with Gasteiger partial charge in [-0.25, -0.2) is 8.42 Å². The lowest BCUT2D eigenvalue weighted by Crippen LogP contribution is -2.16. The first-order valence-electron chi connectivity index (χ1n) is 7.85. The maximum absolute atomic E-state index is 12.8. The van der Waals surface area contributed by atoms with E-state index in [0.29, 0.717) is 10.6 Å². The molecule has 0 heterocycles. The molecule has 26 heavy (non-hydrogen) atoms. The van der Waals surface area contributed by atoms with Gasteiger partial charge in [0.25, 0.3) is 10.0 Å². The van der Waals surface area contributed by atoms with Crippen molar-refractivity contribution >= 4 is 46.4 Å². The molecule has 3 aromatic carbocycles. The molecule has 0 saturated heterocycles. The van der Waals surface area contributed by atoms with Crippen molar-refractivity contribution in [3.63, 3.8) is 0 Å². The summed E-state index contributed by atoms with van der Waals surface area (Å²) in [5.74, 6) is -0.310. The quantitative estimate of drug-likeness (QED) is 0.544. The first kappa shape index (κ1) is 18.2. The molecule has 0 aliphatic heterocycles. The Hall–Kier alpha value is -2.57. The smallest absolute Gasteiger partial charge is 0.261 e. The fourth-order valence-corrected chi connectivity index (χ4v) is 3.71. The number of ketones is 1. The van der Waals surface area contributed by atoms with Crippen molar-refractivity contribution in [1.29, 1.82) is 0 Å². The van der Waals surface area contributed by atoms with E-state index in [2.05, 4.69) is 4.72 Å². The highest BCUT2D eigenvalue weighted by Gasteiger charge is 2.20. The molecule has 0 spiro atoms. The molecular formula is C19H15BClNO3S. The van der Waals surface area contributed by atoms with Crippen LogP contribution < -0.4 is 10.2 Å². The van der Waals surface area contributed by atoms with Gasteiger partial charge < -0.3 is 0 Å². The van der Waals surface area contributed by atoms with E-state index >= 15 is 0 Å². The Balaban J connectivity index is 2.01. The van der Waals surface area contributed by atoms with Crippen molar-refractivity contribution in [2.45, 2.75) is 4.90 Å². The van der Waals surface area contributed by atoms with Crippen LogP contribution in [0.3, 0.4) is 0 Å². The standard InChI is InChI=1S/C19H15BClNO3S/c20-14-6-9-16(10-7-14)26(24,25)22-18-11-8-15(21)12-17(18)19(23)13-4-2-1-3-5-13/h1-12,22H,20H2. The van der Waals surface area contributed by atoms with Crippen LogP contribution >= 0.6 is 11.6 Å². The third-order valence-corrected chi connectivity index (χ3v) is 5.45. The molecule has 130 valence electrons. The molecule has 0 aromatic heterocycles. The van der Waals surface area contributed by atoms with Crippen molar-refractivity contribution in [2.24, 2.45) is 0 Å². The summed E-state index contributed by atoms with van der Waals surface area (Å²) in [6.07, 6.45) is 0. The van der Waals surface area contributed by atoms with Gasteiger partial charge in [0, 0.05) is 16.1 Å². The van der Waals surface area contributed by atoms with Gasteiger partial charge in [-0.3, -0.25) is 9.52 Å². The number of halogens is 1. The maximum atomic E-state index is 12.8. The Morgan fingerprint density at radius 1 is 0.923 bits per heavy atom. The second-order valence-corrected chi connectivity index (χ2v) is 7.92. The summed E-state index contributed by atoms with van der Waals surface area (Å²) >= 11 is 6.02. The minimum atomic E-state index is -3.83. The van der Waals surface area contributed by atoms with E-state index < -0.39 is 10.0 Å². The lowest BCUT2D eigenvalue weighted by molar-refractivity contribution is 0.103. The van der Waals surface area contributed by atoms with Crippen LogP contribution in [-0.4, -0.2) is 22.0 Å². The summed E-state index contributed by atoms with van der Waals surface area (Å²) in [5.41, 5.74) is 1.78. The van der Waals surface area contributed by atoms with Crippen LogP contribution in [0.1, 0.15) is 15.9 Å². The normalized spacial score (nSPS) is 11.1. The third-order valence-electron chi connectivity index (χ3n) is 3.84. The first-order chi connectivity index (χ1) is 12.4. The highest BCUT2D eigenvalue weighted by molar-refractivity contribution is 7.92. The second-order valence-electron chi connectivity index (χ2n) is 5.80. The fraction of sp³-hybridized carbons (Fsp3) is 0. The number of anilines is 1. The number of sulfonamides is 1. The second kappa shape index (κ2) is 7.36. The van der Waals surface area contributed by atoms with Crippen LogP contribution in [0, 0.1) is 0 Å². The highest BCUT2D eigenvalue weighted by Crippen LogP contribution is 2.26. The van der Waals surface area contributed by atoms with Gasteiger partial charge in [0.05, 0.1) is 10.6 Å². The molecule has 0 saturated carbocycles. The molecule has 0 atom stereocenters. The summed E-state index contributed by atoms with van der Waals surface area (Å²) in [6.45, 7) is 0. The fourth-order valence-electron chi connectivity index (χ4n) is 2.46. The van der Waals surface area contributed by atoms with E-state index in [9.17, 15) is 13.2 Å². The zero-order chi connectivity index (χ0) is 18.7. The minimum Gasteiger partial charge on any atom is -0.289 e. The molecule has 3 aromatic rings. The molecule has 7 heteroatoms. The van der Waals surface area contributed by atoms with Crippen LogP contribution in [0.4, 0.5) is 5.69 Å². The third kappa shape index (κ3) is 3.98. The Labute approximate surface area is 158 Å². The first-order valence-corrected chi connectivity index (χ1v) is 9.72. The van der Waals surface area contributed by atoms with Gasteiger partial charge in [-0.15, -0.1) is 0 Å². The van der Waals surface area contributed by atoms with Gasteiger partial charge in [0.2, 0.25) is 0 Å². The van der Waals surface area contributed by atoms with E-state index in [1.807, 2.05) is 7.85 Å². The van der Waals surface area contributed by atoms with E-state index in [0.717, 1.165) is 5.46 Å². The summed E-state index contributed by atoms with van der Waals surface area (Å²) in [5, 5.41) is 0.350. The van der Waals surface area contributed by atoms with Crippen molar-refractivity contribution < 1.29 is 13.2 Å². The largest absolute Gasteiger partial charge is 0.289 e. The van der Waals surface area contributed by atoms with Gasteiger partial charge >= 0.3 is 0 Å². The van der Waals surface area contributed by atoms with Gasteiger partial charge in [-0.1, -0.05) is 59.5 Å². The van der Waals surface area contributed by atoms with Crippen LogP contribution in [0.5, 0.6) is 0 Å². The average Bonchev–Trinajstić information content (AvgIpc) is 2.63. The lowest BCUT2D eigenvalue weighted by Gasteiger charge is -2.13. The van der Waals surface area contributed by atoms with Crippen molar-refractivity contribution in [1.82, 2.24) is 0 Å². The van der Waals surface area contributed by atoms with Crippen molar-refractivity contribution in [3.8, 4) is 0 Å². The average molecular weight is 384 g/mol. The van der Waals surface area contributed by atoms with Crippen molar-refractivity contribution in [3.05, 3.63) is 88.9 Å². The monoisotopic (exact) mass is 383 g/mol. The molecule has 0 unspecified atom stereocenters. The van der Waals surface area contributed by atoms with Crippen LogP contribution in [0.15, 0.2) is 77.7 Å². The summed E-state index contributed by atoms with van der Waals surface area (Å²) in [4.78, 5) is 12.9. The Morgan fingerprint density at radius 2 is 1.58 bits per heavy atom. The number of carbonyl (C=O) groups is 1. The number of hydrogen-bond acceptors (Lipinski definition) is 3. The molecule has 0 radical (unpaired) electrons. The Kier molecular flexibility index (Phi) is 5.16. The molecule has 1 N–H and O–H groups in total. The van der Waals surface area contributed by atoms with E-state index in [4.69, 9.17) is 11.6 Å². The molecule has 0 bridgehead atoms. The zero-order valence-electron chi connectivity index (χ0n) is 13.9. The van der Waals surface area contributed by atoms with Crippen LogP contribution in [0.25, 0.3) is 0 Å². The molecule has 0 fully saturated rings. The van der Waals surface area contributed by atoms with Gasteiger partial charge in [0.15, 0.2) is 5.78 Å². The van der Waals surface area contributed by atoms with Crippen LogP contribution in [-0.2, 0) is 10.0 Å². The maximum Gasteiger partial charge on any atom is 0.261 e. The predicted molar refractivity (Wildman–Crippen MR) is 107 cm³/mol. The molecule has 0 amide bonds. The van der Waals surface area contributed by atoms with E-state index in [1.165, 1.54) is 30.3 Å². The summed E-state index contributed by atoms with van der Waals surface area (Å²) < 4.78 is 27.8. The Bertz CT molecular complexity index is 1050. The highest BCUT2D eigenvalue weighted by atomic mass is 35.5. The Morgan fingerprint density at radius 3 is 2.23 bits per heavy atom.